The Morgan fingerprint density at radius 2 is 1.76 bits per heavy atom. The number of amides is 2. The first-order chi connectivity index (χ1) is 9.84. The molecule has 2 amide bonds. The summed E-state index contributed by atoms with van der Waals surface area (Å²) in [7, 11) is -2.04. The van der Waals surface area contributed by atoms with E-state index in [0.29, 0.717) is 0 Å². The number of carbonyl (C=O) groups is 2. The Morgan fingerprint density at radius 3 is 2.29 bits per heavy atom. The van der Waals surface area contributed by atoms with E-state index in [9.17, 15) is 18.0 Å². The van der Waals surface area contributed by atoms with Crippen molar-refractivity contribution in [1.82, 2.24) is 15.4 Å². The van der Waals surface area contributed by atoms with Crippen LogP contribution in [0, 0.1) is 0 Å². The minimum Gasteiger partial charge on any atom is -0.478 e. The lowest BCUT2D eigenvalue weighted by Crippen LogP contribution is -2.39. The Labute approximate surface area is 122 Å². The van der Waals surface area contributed by atoms with Crippen molar-refractivity contribution < 1.29 is 23.1 Å². The Morgan fingerprint density at radius 1 is 1.14 bits per heavy atom. The van der Waals surface area contributed by atoms with Crippen LogP contribution in [-0.4, -0.2) is 44.9 Å². The lowest BCUT2D eigenvalue weighted by Gasteiger charge is -2.08. The molecule has 0 fully saturated rings. The number of carboxylic acid groups (broad SMARTS) is 1. The summed E-state index contributed by atoms with van der Waals surface area (Å²) in [6.45, 7) is 0.206. The van der Waals surface area contributed by atoms with Crippen LogP contribution in [0.25, 0.3) is 0 Å². The highest BCUT2D eigenvalue weighted by atomic mass is 32.2. The van der Waals surface area contributed by atoms with Crippen molar-refractivity contribution in [3.63, 3.8) is 0 Å². The second kappa shape index (κ2) is 7.60. The smallest absolute Gasteiger partial charge is 0.335 e. The molecule has 4 N–H and O–H groups in total. The zero-order valence-corrected chi connectivity index (χ0v) is 12.2. The van der Waals surface area contributed by atoms with Gasteiger partial charge < -0.3 is 15.7 Å². The molecule has 1 aromatic carbocycles. The molecule has 0 atom stereocenters. The summed E-state index contributed by atoms with van der Waals surface area (Å²) in [5, 5.41) is 13.7. The van der Waals surface area contributed by atoms with Crippen LogP contribution in [0.15, 0.2) is 24.3 Å². The van der Waals surface area contributed by atoms with Gasteiger partial charge in [0.1, 0.15) is 0 Å². The van der Waals surface area contributed by atoms with Gasteiger partial charge in [0.15, 0.2) is 0 Å². The molecule has 1 rings (SSSR count). The second-order valence-electron chi connectivity index (χ2n) is 4.13. The molecule has 0 aliphatic carbocycles. The molecule has 0 radical (unpaired) electrons. The second-order valence-corrected chi connectivity index (χ2v) is 6.18. The van der Waals surface area contributed by atoms with Gasteiger partial charge in [-0.1, -0.05) is 12.1 Å². The van der Waals surface area contributed by atoms with Crippen molar-refractivity contribution in [1.29, 1.82) is 0 Å². The molecule has 9 heteroatoms. The average molecular weight is 315 g/mol. The third kappa shape index (κ3) is 6.23. The first-order valence-electron chi connectivity index (χ1n) is 6.09. The number of carboxylic acids is 1. The Hall–Kier alpha value is -2.13. The highest BCUT2D eigenvalue weighted by Gasteiger charge is 2.08. The Bertz CT molecular complexity index is 598. The molecule has 0 bridgehead atoms. The summed E-state index contributed by atoms with van der Waals surface area (Å²) in [5.41, 5.74) is 0.901. The van der Waals surface area contributed by atoms with Crippen LogP contribution in [0.4, 0.5) is 4.79 Å². The topological polar surface area (TPSA) is 125 Å². The van der Waals surface area contributed by atoms with E-state index in [1.54, 1.807) is 12.1 Å². The number of hydrogen-bond donors (Lipinski definition) is 4. The predicted molar refractivity (Wildman–Crippen MR) is 76.5 cm³/mol. The molecule has 116 valence electrons. The zero-order chi connectivity index (χ0) is 15.9. The van der Waals surface area contributed by atoms with E-state index >= 15 is 0 Å². The van der Waals surface area contributed by atoms with Crippen molar-refractivity contribution in [2.24, 2.45) is 0 Å². The summed E-state index contributed by atoms with van der Waals surface area (Å²) in [6, 6.07) is 5.57. The van der Waals surface area contributed by atoms with Crippen molar-refractivity contribution >= 4 is 22.0 Å². The number of aromatic carboxylic acids is 1. The lowest BCUT2D eigenvalue weighted by atomic mass is 10.1. The van der Waals surface area contributed by atoms with Gasteiger partial charge in [0.05, 0.1) is 11.3 Å². The number of sulfonamides is 1. The van der Waals surface area contributed by atoms with E-state index < -0.39 is 22.0 Å². The maximum absolute atomic E-state index is 11.4. The first-order valence-corrected chi connectivity index (χ1v) is 7.74. The number of urea groups is 1. The van der Waals surface area contributed by atoms with Crippen molar-refractivity contribution in [3.05, 3.63) is 35.4 Å². The molecule has 0 saturated carbocycles. The van der Waals surface area contributed by atoms with Crippen LogP contribution in [0.2, 0.25) is 0 Å². The van der Waals surface area contributed by atoms with Gasteiger partial charge in [-0.2, -0.15) is 0 Å². The van der Waals surface area contributed by atoms with Gasteiger partial charge in [0.2, 0.25) is 10.0 Å². The summed E-state index contributed by atoms with van der Waals surface area (Å²) >= 11 is 0. The largest absolute Gasteiger partial charge is 0.478 e. The van der Waals surface area contributed by atoms with E-state index in [-0.39, 0.29) is 24.4 Å². The first kappa shape index (κ1) is 16.9. The van der Waals surface area contributed by atoms with Gasteiger partial charge in [0, 0.05) is 13.1 Å². The third-order valence-electron chi connectivity index (χ3n) is 2.62. The maximum Gasteiger partial charge on any atom is 0.335 e. The number of benzene rings is 1. The monoisotopic (exact) mass is 315 g/mol. The molecule has 0 aliphatic rings. The number of carbonyl (C=O) groups excluding carboxylic acids is 1. The molecule has 0 aliphatic heterocycles. The standard InChI is InChI=1S/C12H17N3O5S/c1-13-21(19,20)7-6-14-12(18)15-8-9-2-4-10(5-3-9)11(16)17/h2-5,13H,6-8H2,1H3,(H,16,17)(H2,14,15,18). The minimum atomic E-state index is -3.34. The van der Waals surface area contributed by atoms with Gasteiger partial charge in [-0.15, -0.1) is 0 Å². The van der Waals surface area contributed by atoms with E-state index in [0.717, 1.165) is 5.56 Å². The van der Waals surface area contributed by atoms with Gasteiger partial charge in [-0.25, -0.2) is 22.7 Å². The molecule has 0 unspecified atom stereocenters. The molecule has 21 heavy (non-hydrogen) atoms. The summed E-state index contributed by atoms with van der Waals surface area (Å²) in [6.07, 6.45) is 0. The quantitative estimate of drug-likeness (QED) is 0.551. The maximum atomic E-state index is 11.4. The van der Waals surface area contributed by atoms with Crippen LogP contribution in [-0.2, 0) is 16.6 Å². The zero-order valence-electron chi connectivity index (χ0n) is 11.4. The molecule has 0 aromatic heterocycles. The Kier molecular flexibility index (Phi) is 6.12. The molecule has 0 spiro atoms. The Balaban J connectivity index is 2.34. The van der Waals surface area contributed by atoms with Crippen LogP contribution in [0.5, 0.6) is 0 Å². The van der Waals surface area contributed by atoms with Crippen LogP contribution >= 0.6 is 0 Å². The predicted octanol–water partition coefficient (Wildman–Crippen LogP) is -0.267. The fourth-order valence-corrected chi connectivity index (χ4v) is 1.99. The van der Waals surface area contributed by atoms with Crippen molar-refractivity contribution in [3.8, 4) is 0 Å². The molecular formula is C12H17N3O5S. The number of hydrogen-bond acceptors (Lipinski definition) is 4. The summed E-state index contributed by atoms with van der Waals surface area (Å²) in [4.78, 5) is 22.1. The van der Waals surface area contributed by atoms with Crippen LogP contribution in [0.1, 0.15) is 15.9 Å². The van der Waals surface area contributed by atoms with Crippen molar-refractivity contribution in [2.45, 2.75) is 6.54 Å². The molecule has 1 aromatic rings. The van der Waals surface area contributed by atoms with Crippen LogP contribution < -0.4 is 15.4 Å². The minimum absolute atomic E-state index is 0.00699. The highest BCUT2D eigenvalue weighted by Crippen LogP contribution is 2.03. The fourth-order valence-electron chi connectivity index (χ4n) is 1.41. The normalized spacial score (nSPS) is 10.9. The summed E-state index contributed by atoms with van der Waals surface area (Å²) < 4.78 is 24.4. The van der Waals surface area contributed by atoms with E-state index in [1.807, 2.05) is 0 Å². The SMILES string of the molecule is CNS(=O)(=O)CCNC(=O)NCc1ccc(C(=O)O)cc1. The summed E-state index contributed by atoms with van der Waals surface area (Å²) in [5.74, 6) is -1.22. The molecule has 0 saturated heterocycles. The van der Waals surface area contributed by atoms with Gasteiger partial charge in [-0.3, -0.25) is 0 Å². The van der Waals surface area contributed by atoms with Gasteiger partial charge in [-0.05, 0) is 24.7 Å². The third-order valence-corrected chi connectivity index (χ3v) is 3.98. The van der Waals surface area contributed by atoms with Gasteiger partial charge >= 0.3 is 12.0 Å². The fraction of sp³-hybridized carbons (Fsp3) is 0.333. The van der Waals surface area contributed by atoms with E-state index in [2.05, 4.69) is 15.4 Å². The highest BCUT2D eigenvalue weighted by molar-refractivity contribution is 7.89. The van der Waals surface area contributed by atoms with Crippen molar-refractivity contribution in [2.75, 3.05) is 19.3 Å². The van der Waals surface area contributed by atoms with Gasteiger partial charge in [0.25, 0.3) is 0 Å². The number of nitrogens with one attached hydrogen (secondary N) is 3. The average Bonchev–Trinajstić information content (AvgIpc) is 2.45. The van der Waals surface area contributed by atoms with Crippen LogP contribution in [0.3, 0.4) is 0 Å². The number of rotatable bonds is 7. The molecule has 8 nitrogen and oxygen atoms in total. The van der Waals surface area contributed by atoms with E-state index in [4.69, 9.17) is 5.11 Å². The lowest BCUT2D eigenvalue weighted by molar-refractivity contribution is 0.0697. The molecular weight excluding hydrogens is 298 g/mol. The molecule has 0 heterocycles. The van der Waals surface area contributed by atoms with E-state index in [1.165, 1.54) is 19.2 Å².